The number of hydrogen-bond donors (Lipinski definition) is 5. The second-order valence-electron chi connectivity index (χ2n) is 9.46. The van der Waals surface area contributed by atoms with Crippen molar-refractivity contribution in [2.24, 2.45) is 11.8 Å². The summed E-state index contributed by atoms with van der Waals surface area (Å²) in [5, 5.41) is 17.0. The van der Waals surface area contributed by atoms with Gasteiger partial charge < -0.3 is 15.2 Å². The second-order valence-corrected chi connectivity index (χ2v) is 9.87. The quantitative estimate of drug-likeness (QED) is 0.385. The lowest BCUT2D eigenvalue weighted by Crippen LogP contribution is -2.63. The van der Waals surface area contributed by atoms with Gasteiger partial charge in [-0.15, -0.1) is 0 Å². The highest BCUT2D eigenvalue weighted by Gasteiger charge is 2.48. The highest BCUT2D eigenvalue weighted by molar-refractivity contribution is 6.30. The highest BCUT2D eigenvalue weighted by atomic mass is 35.5. The Kier molecular flexibility index (Phi) is 6.55. The summed E-state index contributed by atoms with van der Waals surface area (Å²) in [7, 11) is 0. The zero-order valence-corrected chi connectivity index (χ0v) is 18.7. The van der Waals surface area contributed by atoms with E-state index in [4.69, 9.17) is 16.3 Å². The van der Waals surface area contributed by atoms with Crippen molar-refractivity contribution in [1.29, 1.82) is 0 Å². The summed E-state index contributed by atoms with van der Waals surface area (Å²) < 4.78 is 19.0. The number of rotatable bonds is 7. The van der Waals surface area contributed by atoms with E-state index in [1.165, 1.54) is 18.6 Å². The number of amides is 1. The van der Waals surface area contributed by atoms with Gasteiger partial charge in [0, 0.05) is 24.7 Å². The van der Waals surface area contributed by atoms with Crippen molar-refractivity contribution in [2.75, 3.05) is 13.2 Å². The van der Waals surface area contributed by atoms with Gasteiger partial charge >= 0.3 is 0 Å². The zero-order valence-electron chi connectivity index (χ0n) is 17.9. The van der Waals surface area contributed by atoms with Gasteiger partial charge in [-0.25, -0.2) is 15.2 Å². The van der Waals surface area contributed by atoms with Crippen molar-refractivity contribution in [3.8, 4) is 5.75 Å². The maximum absolute atomic E-state index is 13.5. The average molecular weight is 468 g/mol. The van der Waals surface area contributed by atoms with Crippen LogP contribution in [0, 0.1) is 17.7 Å². The first-order valence-corrected chi connectivity index (χ1v) is 11.9. The standard InChI is InChI=1S/C22H31ClFN5O3/c23-15-5-4-14(9-16(15)24)32-11-20(30)25-17-10-18(13-7-12(17)8-13)26-22(31)21-28-27-19-3-1-2-6-29(19)21/h4-5,9,12-13,17-21,25,27-28,30H,1-3,6-8,10-11H2,(H,26,31). The predicted molar refractivity (Wildman–Crippen MR) is 117 cm³/mol. The van der Waals surface area contributed by atoms with Crippen LogP contribution in [0.15, 0.2) is 18.2 Å². The fourth-order valence-corrected chi connectivity index (χ4v) is 5.71. The smallest absolute Gasteiger partial charge is 0.253 e. The van der Waals surface area contributed by atoms with E-state index in [1.54, 1.807) is 6.07 Å². The molecule has 5 N–H and O–H groups in total. The van der Waals surface area contributed by atoms with E-state index in [0.717, 1.165) is 38.6 Å². The largest absolute Gasteiger partial charge is 0.489 e. The molecule has 5 fully saturated rings. The maximum Gasteiger partial charge on any atom is 0.253 e. The molecule has 5 unspecified atom stereocenters. The number of nitrogens with zero attached hydrogens (tertiary/aromatic N) is 1. The van der Waals surface area contributed by atoms with Gasteiger partial charge in [-0.1, -0.05) is 11.6 Å². The number of aliphatic hydroxyl groups is 1. The number of nitrogens with one attached hydrogen (secondary N) is 4. The third-order valence-corrected chi connectivity index (χ3v) is 7.71. The fraction of sp³-hybridized carbons (Fsp3) is 0.682. The fourth-order valence-electron chi connectivity index (χ4n) is 5.60. The molecule has 176 valence electrons. The molecule has 8 nitrogen and oxygen atoms in total. The van der Waals surface area contributed by atoms with Gasteiger partial charge in [0.1, 0.15) is 24.4 Å². The Hall–Kier alpha value is -1.49. The molecule has 0 radical (unpaired) electrons. The van der Waals surface area contributed by atoms with Gasteiger partial charge in [-0.05, 0) is 62.5 Å². The molecule has 2 aliphatic heterocycles. The molecule has 3 saturated carbocycles. The third-order valence-electron chi connectivity index (χ3n) is 7.40. The van der Waals surface area contributed by atoms with E-state index >= 15 is 0 Å². The van der Waals surface area contributed by atoms with E-state index < -0.39 is 12.0 Å². The molecule has 10 heteroatoms. The molecule has 5 atom stereocenters. The molecule has 1 amide bonds. The van der Waals surface area contributed by atoms with Crippen molar-refractivity contribution in [2.45, 2.75) is 69.2 Å². The number of benzene rings is 1. The monoisotopic (exact) mass is 467 g/mol. The molecule has 0 spiro atoms. The van der Waals surface area contributed by atoms with E-state index in [1.807, 2.05) is 0 Å². The summed E-state index contributed by atoms with van der Waals surface area (Å²) in [5.41, 5.74) is 6.40. The summed E-state index contributed by atoms with van der Waals surface area (Å²) >= 11 is 5.69. The minimum absolute atomic E-state index is 0.00123. The molecule has 6 rings (SSSR count). The molecule has 3 aliphatic carbocycles. The average Bonchev–Trinajstić information content (AvgIpc) is 3.18. The second kappa shape index (κ2) is 9.40. The van der Waals surface area contributed by atoms with Crippen LogP contribution in [0.2, 0.25) is 5.02 Å². The van der Waals surface area contributed by atoms with Crippen molar-refractivity contribution >= 4 is 17.5 Å². The van der Waals surface area contributed by atoms with E-state index in [9.17, 15) is 14.3 Å². The maximum atomic E-state index is 13.5. The van der Waals surface area contributed by atoms with Crippen LogP contribution in [-0.4, -0.2) is 59.7 Å². The van der Waals surface area contributed by atoms with Crippen LogP contribution in [0.4, 0.5) is 4.39 Å². The van der Waals surface area contributed by atoms with Crippen molar-refractivity contribution < 1.29 is 19.0 Å². The molecular formula is C22H31ClFN5O3. The summed E-state index contributed by atoms with van der Waals surface area (Å²) in [5.74, 6) is 0.775. The SMILES string of the molecule is O=C(NC1CC(NC(O)COc2ccc(Cl)c(F)c2)C2CC1C2)C1NNC2CCCCN21. The molecule has 2 heterocycles. The van der Waals surface area contributed by atoms with Gasteiger partial charge in [0.25, 0.3) is 5.91 Å². The Balaban J connectivity index is 1.11. The first-order valence-electron chi connectivity index (χ1n) is 11.6. The van der Waals surface area contributed by atoms with Crippen molar-refractivity contribution in [1.82, 2.24) is 26.4 Å². The number of fused-ring (bicyclic) bond motifs is 3. The highest BCUT2D eigenvalue weighted by Crippen LogP contribution is 2.46. The molecule has 32 heavy (non-hydrogen) atoms. The van der Waals surface area contributed by atoms with E-state index in [2.05, 4.69) is 26.4 Å². The lowest BCUT2D eigenvalue weighted by Gasteiger charge is -2.52. The van der Waals surface area contributed by atoms with E-state index in [-0.39, 0.29) is 42.0 Å². The van der Waals surface area contributed by atoms with Gasteiger partial charge in [0.15, 0.2) is 6.17 Å². The van der Waals surface area contributed by atoms with Crippen LogP contribution in [0.1, 0.15) is 38.5 Å². The number of halogens is 2. The number of ether oxygens (including phenoxy) is 1. The van der Waals surface area contributed by atoms with Crippen LogP contribution in [0.3, 0.4) is 0 Å². The van der Waals surface area contributed by atoms with Crippen LogP contribution >= 0.6 is 11.6 Å². The molecular weight excluding hydrogens is 437 g/mol. The minimum Gasteiger partial charge on any atom is -0.489 e. The molecule has 2 saturated heterocycles. The van der Waals surface area contributed by atoms with Crippen molar-refractivity contribution in [3.05, 3.63) is 29.0 Å². The Morgan fingerprint density at radius 2 is 2.06 bits per heavy atom. The molecule has 5 aliphatic rings. The Labute approximate surface area is 192 Å². The first-order chi connectivity index (χ1) is 15.5. The number of piperidine rings is 1. The van der Waals surface area contributed by atoms with Gasteiger partial charge in [-0.2, -0.15) is 0 Å². The summed E-state index contributed by atoms with van der Waals surface area (Å²) in [6.07, 6.45) is 5.23. The summed E-state index contributed by atoms with van der Waals surface area (Å²) in [6.45, 7) is 0.922. The zero-order chi connectivity index (χ0) is 22.2. The lowest BCUT2D eigenvalue weighted by atomic mass is 9.60. The topological polar surface area (TPSA) is 97.9 Å². The molecule has 0 aromatic heterocycles. The molecule has 1 aromatic rings. The first kappa shape index (κ1) is 22.3. The third kappa shape index (κ3) is 4.60. The lowest BCUT2D eigenvalue weighted by molar-refractivity contribution is -0.129. The van der Waals surface area contributed by atoms with Crippen LogP contribution in [-0.2, 0) is 4.79 Å². The normalized spacial score (nSPS) is 35.0. The molecule has 1 aromatic carbocycles. The van der Waals surface area contributed by atoms with Gasteiger partial charge in [-0.3, -0.25) is 15.0 Å². The van der Waals surface area contributed by atoms with Crippen LogP contribution in [0.5, 0.6) is 5.75 Å². The van der Waals surface area contributed by atoms with Gasteiger partial charge in [0.05, 0.1) is 11.2 Å². The Bertz CT molecular complexity index is 842. The molecule has 2 bridgehead atoms. The number of carbonyl (C=O) groups is 1. The summed E-state index contributed by atoms with van der Waals surface area (Å²) in [4.78, 5) is 15.2. The number of hydrazine groups is 1. The van der Waals surface area contributed by atoms with E-state index in [0.29, 0.717) is 17.6 Å². The van der Waals surface area contributed by atoms with Gasteiger partial charge in [0.2, 0.25) is 0 Å². The minimum atomic E-state index is -0.887. The van der Waals surface area contributed by atoms with Crippen molar-refractivity contribution in [3.63, 3.8) is 0 Å². The predicted octanol–water partition coefficient (Wildman–Crippen LogP) is 1.30. The Morgan fingerprint density at radius 3 is 2.88 bits per heavy atom. The van der Waals surface area contributed by atoms with Crippen LogP contribution in [0.25, 0.3) is 0 Å². The number of aliphatic hydroxyl groups excluding tert-OH is 1. The van der Waals surface area contributed by atoms with Crippen LogP contribution < -0.4 is 26.2 Å². The number of carbonyl (C=O) groups excluding carboxylic acids is 1. The number of hydrogen-bond acceptors (Lipinski definition) is 7. The summed E-state index contributed by atoms with van der Waals surface area (Å²) in [6, 6.07) is 4.39. The Morgan fingerprint density at radius 1 is 1.25 bits per heavy atom.